The van der Waals surface area contributed by atoms with E-state index in [1.165, 1.54) is 6.92 Å². The minimum absolute atomic E-state index is 0.0963. The fraction of sp³-hybridized carbons (Fsp3) is 0.364. The maximum atomic E-state index is 13.4. The summed E-state index contributed by atoms with van der Waals surface area (Å²) in [4.78, 5) is 37.1. The molecule has 1 atom stereocenters. The Morgan fingerprint density at radius 2 is 1.64 bits per heavy atom. The number of hydrogen-bond acceptors (Lipinski definition) is 4. The van der Waals surface area contributed by atoms with Crippen molar-refractivity contribution in [2.75, 3.05) is 13.1 Å². The molecule has 2 aliphatic rings. The maximum Gasteiger partial charge on any atom is 0.339 e. The average molecular weight is 400 g/mol. The van der Waals surface area contributed by atoms with Gasteiger partial charge in [0.05, 0.1) is 12.0 Å². The Labute approximate surface area is 169 Å². The summed E-state index contributed by atoms with van der Waals surface area (Å²) in [6.07, 6.45) is 2.22. The Balaban J connectivity index is 1.58. The summed E-state index contributed by atoms with van der Waals surface area (Å²) >= 11 is 6.00. The highest BCUT2D eigenvalue weighted by Crippen LogP contribution is 2.51. The zero-order chi connectivity index (χ0) is 19.8. The molecule has 4 rings (SSSR count). The van der Waals surface area contributed by atoms with Crippen molar-refractivity contribution in [2.45, 2.75) is 37.2 Å². The molecule has 28 heavy (non-hydrogen) atoms. The largest absolute Gasteiger partial charge is 0.339 e. The van der Waals surface area contributed by atoms with Crippen molar-refractivity contribution in [3.05, 3.63) is 70.7 Å². The van der Waals surface area contributed by atoms with Crippen molar-refractivity contribution in [2.24, 2.45) is 0 Å². The molecule has 0 N–H and O–H groups in total. The van der Waals surface area contributed by atoms with Crippen molar-refractivity contribution in [3.63, 3.8) is 0 Å². The summed E-state index contributed by atoms with van der Waals surface area (Å²) < 4.78 is 0. The quantitative estimate of drug-likeness (QED) is 0.563. The highest BCUT2D eigenvalue weighted by molar-refractivity contribution is 6.30. The fourth-order valence-electron chi connectivity index (χ4n) is 4.01. The summed E-state index contributed by atoms with van der Waals surface area (Å²) in [6, 6.07) is 17.1. The third-order valence-corrected chi connectivity index (χ3v) is 5.95. The smallest absolute Gasteiger partial charge is 0.338 e. The highest BCUT2D eigenvalue weighted by atomic mass is 35.5. The molecule has 1 aliphatic heterocycles. The topological polar surface area (TPSA) is 55.8 Å². The Bertz CT molecular complexity index is 879. The predicted molar refractivity (Wildman–Crippen MR) is 105 cm³/mol. The molecular formula is C22H22ClNO4. The van der Waals surface area contributed by atoms with E-state index in [9.17, 15) is 9.59 Å². The molecule has 2 aromatic carbocycles. The van der Waals surface area contributed by atoms with Crippen molar-refractivity contribution in [1.82, 2.24) is 4.90 Å². The van der Waals surface area contributed by atoms with E-state index in [-0.39, 0.29) is 5.91 Å². The van der Waals surface area contributed by atoms with Crippen LogP contribution in [0.25, 0.3) is 0 Å². The lowest BCUT2D eigenvalue weighted by Crippen LogP contribution is -2.41. The zero-order valence-corrected chi connectivity index (χ0v) is 16.4. The van der Waals surface area contributed by atoms with Crippen LogP contribution in [0, 0.1) is 0 Å². The number of amides is 1. The second kappa shape index (κ2) is 7.22. The van der Waals surface area contributed by atoms with Crippen LogP contribution in [0.2, 0.25) is 5.02 Å². The molecule has 146 valence electrons. The van der Waals surface area contributed by atoms with Crippen LogP contribution in [0.4, 0.5) is 0 Å². The minimum Gasteiger partial charge on any atom is -0.338 e. The van der Waals surface area contributed by atoms with Crippen LogP contribution in [0.3, 0.4) is 0 Å². The number of hydrogen-bond donors (Lipinski definition) is 0. The van der Waals surface area contributed by atoms with Crippen molar-refractivity contribution in [3.8, 4) is 0 Å². The Hall–Kier alpha value is -2.37. The molecule has 2 fully saturated rings. The molecule has 1 saturated carbocycles. The molecule has 1 amide bonds. The molecular weight excluding hydrogens is 378 g/mol. The van der Waals surface area contributed by atoms with Crippen LogP contribution in [-0.4, -0.2) is 29.9 Å². The van der Waals surface area contributed by atoms with Crippen molar-refractivity contribution < 1.29 is 19.4 Å². The maximum absolute atomic E-state index is 13.4. The lowest BCUT2D eigenvalue weighted by atomic mass is 9.92. The van der Waals surface area contributed by atoms with Crippen LogP contribution >= 0.6 is 11.6 Å². The summed E-state index contributed by atoms with van der Waals surface area (Å²) in [6.45, 7) is 2.19. The zero-order valence-electron chi connectivity index (χ0n) is 15.7. The van der Waals surface area contributed by atoms with Gasteiger partial charge < -0.3 is 4.90 Å². The van der Waals surface area contributed by atoms with Gasteiger partial charge in [-0.3, -0.25) is 9.68 Å². The third kappa shape index (κ3) is 3.40. The van der Waals surface area contributed by atoms with Crippen LogP contribution in [0.1, 0.15) is 37.3 Å². The number of rotatable bonds is 5. The van der Waals surface area contributed by atoms with Crippen LogP contribution < -0.4 is 0 Å². The van der Waals surface area contributed by atoms with E-state index in [1.807, 2.05) is 59.5 Å². The molecule has 2 aromatic rings. The molecule has 1 heterocycles. The first-order valence-corrected chi connectivity index (χ1v) is 9.80. The normalized spacial score (nSPS) is 22.7. The van der Waals surface area contributed by atoms with Gasteiger partial charge in [0.2, 0.25) is 5.91 Å². The number of nitrogens with zero attached hydrogens (tertiary/aromatic N) is 1. The highest BCUT2D eigenvalue weighted by Gasteiger charge is 2.56. The minimum atomic E-state index is -0.849. The van der Waals surface area contributed by atoms with E-state index in [4.69, 9.17) is 21.4 Å². The first kappa shape index (κ1) is 19.0. The Kier molecular flexibility index (Phi) is 4.89. The van der Waals surface area contributed by atoms with Gasteiger partial charge in [0, 0.05) is 24.9 Å². The van der Waals surface area contributed by atoms with Crippen LogP contribution in [-0.2, 0) is 30.4 Å². The van der Waals surface area contributed by atoms with E-state index >= 15 is 0 Å². The Morgan fingerprint density at radius 1 is 0.964 bits per heavy atom. The number of carbonyl (C=O) groups is 2. The molecule has 1 aliphatic carbocycles. The number of likely N-dealkylation sites (tertiary alicyclic amines) is 1. The van der Waals surface area contributed by atoms with Gasteiger partial charge in [0.15, 0.2) is 5.60 Å². The summed E-state index contributed by atoms with van der Waals surface area (Å²) in [5, 5.41) is 0.658. The van der Waals surface area contributed by atoms with Gasteiger partial charge in [-0.25, -0.2) is 4.79 Å². The van der Waals surface area contributed by atoms with E-state index < -0.39 is 17.0 Å². The molecule has 0 spiro atoms. The van der Waals surface area contributed by atoms with Gasteiger partial charge in [-0.05, 0) is 36.1 Å². The van der Waals surface area contributed by atoms with E-state index in [2.05, 4.69) is 0 Å². The second-order valence-electron chi connectivity index (χ2n) is 7.58. The first-order chi connectivity index (χ1) is 13.5. The van der Waals surface area contributed by atoms with Gasteiger partial charge in [-0.15, -0.1) is 0 Å². The van der Waals surface area contributed by atoms with E-state index in [0.717, 1.165) is 24.0 Å². The second-order valence-corrected chi connectivity index (χ2v) is 8.02. The molecule has 6 heteroatoms. The van der Waals surface area contributed by atoms with E-state index in [1.54, 1.807) is 0 Å². The SMILES string of the molecule is CC(=O)OOC1(c2ccccc2)CCN(C(=O)C2(c3ccc(Cl)cc3)CC2)C1. The molecule has 0 aromatic heterocycles. The van der Waals surface area contributed by atoms with Gasteiger partial charge in [0.1, 0.15) is 0 Å². The number of carbonyl (C=O) groups excluding carboxylic acids is 2. The number of halogens is 1. The first-order valence-electron chi connectivity index (χ1n) is 9.42. The van der Waals surface area contributed by atoms with Gasteiger partial charge in [-0.1, -0.05) is 54.1 Å². The van der Waals surface area contributed by atoms with Gasteiger partial charge in [-0.2, -0.15) is 4.89 Å². The molecule has 1 saturated heterocycles. The number of benzene rings is 2. The fourth-order valence-corrected chi connectivity index (χ4v) is 4.14. The van der Waals surface area contributed by atoms with Gasteiger partial charge in [0.25, 0.3) is 0 Å². The summed E-state index contributed by atoms with van der Waals surface area (Å²) in [7, 11) is 0. The summed E-state index contributed by atoms with van der Waals surface area (Å²) in [5.74, 6) is -0.418. The summed E-state index contributed by atoms with van der Waals surface area (Å²) in [5.41, 5.74) is 0.570. The van der Waals surface area contributed by atoms with Crippen LogP contribution in [0.15, 0.2) is 54.6 Å². The Morgan fingerprint density at radius 3 is 2.25 bits per heavy atom. The van der Waals surface area contributed by atoms with Crippen LogP contribution in [0.5, 0.6) is 0 Å². The molecule has 5 nitrogen and oxygen atoms in total. The monoisotopic (exact) mass is 399 g/mol. The lowest BCUT2D eigenvalue weighted by Gasteiger charge is -2.29. The third-order valence-electron chi connectivity index (χ3n) is 5.69. The van der Waals surface area contributed by atoms with Crippen molar-refractivity contribution in [1.29, 1.82) is 0 Å². The predicted octanol–water partition coefficient (Wildman–Crippen LogP) is 3.99. The lowest BCUT2D eigenvalue weighted by molar-refractivity contribution is -0.333. The molecule has 0 radical (unpaired) electrons. The average Bonchev–Trinajstić information content (AvgIpc) is 3.40. The van der Waals surface area contributed by atoms with Gasteiger partial charge >= 0.3 is 5.97 Å². The standard InChI is InChI=1S/C22H22ClNO4/c1-16(25)27-28-22(18-5-3-2-4-6-18)13-14-24(15-22)20(26)21(11-12-21)17-7-9-19(23)10-8-17/h2-10H,11-15H2,1H3. The molecule has 1 unspecified atom stereocenters. The van der Waals surface area contributed by atoms with E-state index in [0.29, 0.717) is 24.5 Å². The molecule has 0 bridgehead atoms. The van der Waals surface area contributed by atoms with Crippen molar-refractivity contribution >= 4 is 23.5 Å².